The summed E-state index contributed by atoms with van der Waals surface area (Å²) in [6.07, 6.45) is 12.0. The molecule has 2 heterocycles. The molecule has 3 aromatic rings. The zero-order valence-electron chi connectivity index (χ0n) is 18.0. The van der Waals surface area contributed by atoms with Crippen molar-refractivity contribution < 1.29 is 4.79 Å². The largest absolute Gasteiger partial charge is 0.353 e. The van der Waals surface area contributed by atoms with Gasteiger partial charge in [-0.3, -0.25) is 14.3 Å². The minimum atomic E-state index is 0.0674. The SMILES string of the molecule is Cc1ccccc1-n1c(SCC(=O)NC2CCCCCCC2)nnc1-c1cccnc1. The Morgan fingerprint density at radius 3 is 2.58 bits per heavy atom. The fourth-order valence-corrected chi connectivity index (χ4v) is 4.83. The van der Waals surface area contributed by atoms with Crippen LogP contribution in [0.15, 0.2) is 53.9 Å². The second kappa shape index (κ2) is 10.6. The number of rotatable bonds is 6. The van der Waals surface area contributed by atoms with E-state index < -0.39 is 0 Å². The highest BCUT2D eigenvalue weighted by Crippen LogP contribution is 2.29. The third kappa shape index (κ3) is 5.53. The molecule has 6 nitrogen and oxygen atoms in total. The third-order valence-electron chi connectivity index (χ3n) is 5.71. The molecule has 0 bridgehead atoms. The first kappa shape index (κ1) is 21.6. The molecule has 1 aliphatic rings. The highest BCUT2D eigenvalue weighted by molar-refractivity contribution is 7.99. The van der Waals surface area contributed by atoms with Crippen LogP contribution in [-0.4, -0.2) is 37.5 Å². The summed E-state index contributed by atoms with van der Waals surface area (Å²) in [6.45, 7) is 2.07. The highest BCUT2D eigenvalue weighted by atomic mass is 32.2. The topological polar surface area (TPSA) is 72.7 Å². The lowest BCUT2D eigenvalue weighted by Crippen LogP contribution is -2.36. The van der Waals surface area contributed by atoms with Crippen molar-refractivity contribution in [2.45, 2.75) is 63.1 Å². The predicted octanol–water partition coefficient (Wildman–Crippen LogP) is 4.96. The van der Waals surface area contributed by atoms with Gasteiger partial charge in [-0.2, -0.15) is 0 Å². The molecule has 1 fully saturated rings. The van der Waals surface area contributed by atoms with Gasteiger partial charge in [-0.1, -0.05) is 62.1 Å². The lowest BCUT2D eigenvalue weighted by atomic mass is 9.97. The van der Waals surface area contributed by atoms with Crippen LogP contribution in [0.1, 0.15) is 50.5 Å². The van der Waals surface area contributed by atoms with E-state index >= 15 is 0 Å². The highest BCUT2D eigenvalue weighted by Gasteiger charge is 2.20. The van der Waals surface area contributed by atoms with Crippen LogP contribution >= 0.6 is 11.8 Å². The quantitative estimate of drug-likeness (QED) is 0.554. The molecule has 0 aliphatic heterocycles. The molecule has 1 amide bonds. The number of benzene rings is 1. The Labute approximate surface area is 187 Å². The molecule has 1 aliphatic carbocycles. The fourth-order valence-electron chi connectivity index (χ4n) is 4.08. The van der Waals surface area contributed by atoms with Gasteiger partial charge in [0.05, 0.1) is 11.4 Å². The number of thioether (sulfide) groups is 1. The van der Waals surface area contributed by atoms with Crippen LogP contribution in [-0.2, 0) is 4.79 Å². The molecule has 2 aromatic heterocycles. The zero-order chi connectivity index (χ0) is 21.5. The van der Waals surface area contributed by atoms with Crippen molar-refractivity contribution in [2.75, 3.05) is 5.75 Å². The minimum absolute atomic E-state index is 0.0674. The van der Waals surface area contributed by atoms with Gasteiger partial charge < -0.3 is 5.32 Å². The summed E-state index contributed by atoms with van der Waals surface area (Å²) < 4.78 is 2.03. The third-order valence-corrected chi connectivity index (χ3v) is 6.64. The maximum atomic E-state index is 12.7. The number of hydrogen-bond donors (Lipinski definition) is 1. The summed E-state index contributed by atoms with van der Waals surface area (Å²) in [5.41, 5.74) is 3.02. The average Bonchev–Trinajstić information content (AvgIpc) is 3.19. The van der Waals surface area contributed by atoms with Gasteiger partial charge in [0.15, 0.2) is 11.0 Å². The van der Waals surface area contributed by atoms with E-state index in [-0.39, 0.29) is 5.91 Å². The lowest BCUT2D eigenvalue weighted by molar-refractivity contribution is -0.119. The van der Waals surface area contributed by atoms with Crippen molar-refractivity contribution in [1.29, 1.82) is 0 Å². The van der Waals surface area contributed by atoms with Gasteiger partial charge in [0.1, 0.15) is 0 Å². The van der Waals surface area contributed by atoms with Crippen molar-refractivity contribution in [3.05, 3.63) is 54.4 Å². The maximum absolute atomic E-state index is 12.7. The Bertz CT molecular complexity index is 996. The van der Waals surface area contributed by atoms with Gasteiger partial charge >= 0.3 is 0 Å². The summed E-state index contributed by atoms with van der Waals surface area (Å²) in [5.74, 6) is 1.12. The van der Waals surface area contributed by atoms with E-state index in [4.69, 9.17) is 0 Å². The molecule has 162 valence electrons. The Balaban J connectivity index is 1.52. The Kier molecular flexibility index (Phi) is 7.35. The van der Waals surface area contributed by atoms with Crippen LogP contribution < -0.4 is 5.32 Å². The molecule has 0 unspecified atom stereocenters. The van der Waals surface area contributed by atoms with Gasteiger partial charge in [0.2, 0.25) is 5.91 Å². The predicted molar refractivity (Wildman–Crippen MR) is 124 cm³/mol. The molecule has 31 heavy (non-hydrogen) atoms. The number of aromatic nitrogens is 4. The van der Waals surface area contributed by atoms with Crippen molar-refractivity contribution in [3.63, 3.8) is 0 Å². The van der Waals surface area contributed by atoms with Crippen LogP contribution in [0.3, 0.4) is 0 Å². The van der Waals surface area contributed by atoms with Gasteiger partial charge in [-0.25, -0.2) is 0 Å². The number of carbonyl (C=O) groups is 1. The summed E-state index contributed by atoms with van der Waals surface area (Å²) >= 11 is 1.43. The molecule has 1 N–H and O–H groups in total. The van der Waals surface area contributed by atoms with E-state index in [1.807, 2.05) is 28.8 Å². The van der Waals surface area contributed by atoms with Crippen LogP contribution in [0.2, 0.25) is 0 Å². The number of nitrogens with one attached hydrogen (secondary N) is 1. The summed E-state index contributed by atoms with van der Waals surface area (Å²) in [7, 11) is 0. The molecule has 0 saturated heterocycles. The maximum Gasteiger partial charge on any atom is 0.230 e. The van der Waals surface area contributed by atoms with Crippen molar-refractivity contribution in [3.8, 4) is 17.1 Å². The molecular weight excluding hydrogens is 406 g/mol. The second-order valence-electron chi connectivity index (χ2n) is 8.07. The van der Waals surface area contributed by atoms with Crippen molar-refractivity contribution in [1.82, 2.24) is 25.1 Å². The lowest BCUT2D eigenvalue weighted by Gasteiger charge is -2.21. The summed E-state index contributed by atoms with van der Waals surface area (Å²) in [4.78, 5) is 16.9. The monoisotopic (exact) mass is 435 g/mol. The number of carbonyl (C=O) groups excluding carboxylic acids is 1. The average molecular weight is 436 g/mol. The van der Waals surface area contributed by atoms with Gasteiger partial charge in [0, 0.05) is 24.0 Å². The summed E-state index contributed by atoms with van der Waals surface area (Å²) in [6, 6.07) is 12.3. The Morgan fingerprint density at radius 2 is 1.84 bits per heavy atom. The van der Waals surface area contributed by atoms with E-state index in [1.54, 1.807) is 12.4 Å². The number of para-hydroxylation sites is 1. The molecular formula is C24H29N5OS. The van der Waals surface area contributed by atoms with E-state index in [9.17, 15) is 4.79 Å². The molecule has 1 aromatic carbocycles. The van der Waals surface area contributed by atoms with Gasteiger partial charge in [0.25, 0.3) is 0 Å². The molecule has 7 heteroatoms. The number of nitrogens with zero attached hydrogens (tertiary/aromatic N) is 4. The Hall–Kier alpha value is -2.67. The van der Waals surface area contributed by atoms with E-state index in [0.717, 1.165) is 35.5 Å². The molecule has 4 rings (SSSR count). The molecule has 0 spiro atoms. The smallest absolute Gasteiger partial charge is 0.230 e. The first-order chi connectivity index (χ1) is 15.2. The van der Waals surface area contributed by atoms with Crippen molar-refractivity contribution >= 4 is 17.7 Å². The first-order valence-corrected chi connectivity index (χ1v) is 12.0. The van der Waals surface area contributed by atoms with Gasteiger partial charge in [-0.05, 0) is 43.5 Å². The zero-order valence-corrected chi connectivity index (χ0v) is 18.8. The van der Waals surface area contributed by atoms with Crippen LogP contribution in [0.25, 0.3) is 17.1 Å². The minimum Gasteiger partial charge on any atom is -0.353 e. The number of amides is 1. The van der Waals surface area contributed by atoms with E-state index in [1.165, 1.54) is 43.9 Å². The van der Waals surface area contributed by atoms with Crippen LogP contribution in [0, 0.1) is 6.92 Å². The fraction of sp³-hybridized carbons (Fsp3) is 0.417. The molecule has 0 atom stereocenters. The van der Waals surface area contributed by atoms with E-state index in [2.05, 4.69) is 39.6 Å². The number of pyridine rings is 1. The van der Waals surface area contributed by atoms with Gasteiger partial charge in [-0.15, -0.1) is 10.2 Å². The number of aryl methyl sites for hydroxylation is 1. The second-order valence-corrected chi connectivity index (χ2v) is 9.01. The number of hydrogen-bond acceptors (Lipinski definition) is 5. The van der Waals surface area contributed by atoms with Crippen LogP contribution in [0.4, 0.5) is 0 Å². The molecule has 1 saturated carbocycles. The first-order valence-electron chi connectivity index (χ1n) is 11.1. The Morgan fingerprint density at radius 1 is 1.06 bits per heavy atom. The normalized spacial score (nSPS) is 15.3. The standard InChI is InChI=1S/C24H29N5OS/c1-18-10-7-8-14-21(18)29-23(19-11-9-15-25-16-19)27-28-24(29)31-17-22(30)26-20-12-5-3-2-4-6-13-20/h7-11,14-16,20H,2-6,12-13,17H2,1H3,(H,26,30). The molecule has 0 radical (unpaired) electrons. The summed E-state index contributed by atoms with van der Waals surface area (Å²) in [5, 5.41) is 12.8. The van der Waals surface area contributed by atoms with E-state index in [0.29, 0.717) is 17.0 Å². The van der Waals surface area contributed by atoms with Crippen LogP contribution in [0.5, 0.6) is 0 Å². The van der Waals surface area contributed by atoms with Crippen molar-refractivity contribution in [2.24, 2.45) is 0 Å².